The number of nitrogen functional groups attached to an aromatic ring is 1. The molecule has 0 spiro atoms. The van der Waals surface area contributed by atoms with Gasteiger partial charge in [0.05, 0.1) is 0 Å². The molecule has 0 aliphatic heterocycles. The molecule has 0 aliphatic carbocycles. The molecular weight excluding hydrogens is 210 g/mol. The van der Waals surface area contributed by atoms with Crippen molar-refractivity contribution in [2.45, 2.75) is 13.3 Å². The summed E-state index contributed by atoms with van der Waals surface area (Å²) in [5.41, 5.74) is 6.00. The molecule has 0 bridgehead atoms. The summed E-state index contributed by atoms with van der Waals surface area (Å²) < 4.78 is 0. The van der Waals surface area contributed by atoms with Gasteiger partial charge in [0.1, 0.15) is 0 Å². The van der Waals surface area contributed by atoms with Gasteiger partial charge in [0.2, 0.25) is 0 Å². The van der Waals surface area contributed by atoms with Crippen LogP contribution in [0.3, 0.4) is 0 Å². The van der Waals surface area contributed by atoms with Gasteiger partial charge in [0, 0.05) is 12.2 Å². The Hall–Kier alpha value is -1.58. The molecule has 0 unspecified atom stereocenters. The highest BCUT2D eigenvalue weighted by molar-refractivity contribution is 5.74. The summed E-state index contributed by atoms with van der Waals surface area (Å²) in [6.07, 6.45) is 7.51. The van der Waals surface area contributed by atoms with Gasteiger partial charge in [-0.25, -0.2) is 0 Å². The van der Waals surface area contributed by atoms with E-state index in [2.05, 4.69) is 48.0 Å². The molecule has 0 radical (unpaired) electrons. The number of rotatable bonds is 6. The average molecular weight is 231 g/mol. The lowest BCUT2D eigenvalue weighted by molar-refractivity contribution is 0.920. The van der Waals surface area contributed by atoms with Gasteiger partial charge in [-0.1, -0.05) is 37.3 Å². The fourth-order valence-corrected chi connectivity index (χ4v) is 1.56. The number of allylic oxidation sites excluding steroid dienone is 3. The van der Waals surface area contributed by atoms with E-state index in [0.29, 0.717) is 0 Å². The molecule has 1 aromatic rings. The van der Waals surface area contributed by atoms with E-state index >= 15 is 0 Å². The van der Waals surface area contributed by atoms with Crippen molar-refractivity contribution in [1.29, 1.82) is 0 Å². The molecule has 0 atom stereocenters. The molecule has 0 aliphatic rings. The van der Waals surface area contributed by atoms with Crippen LogP contribution >= 0.6 is 0 Å². The van der Waals surface area contributed by atoms with E-state index < -0.39 is 0 Å². The maximum absolute atomic E-state index is 5.35. The van der Waals surface area contributed by atoms with Gasteiger partial charge in [-0.15, -0.1) is 0 Å². The van der Waals surface area contributed by atoms with E-state index in [1.54, 1.807) is 0 Å². The zero-order valence-corrected chi connectivity index (χ0v) is 10.5. The maximum atomic E-state index is 5.35. The highest BCUT2D eigenvalue weighted by atomic mass is 15.2. The summed E-state index contributed by atoms with van der Waals surface area (Å²) in [7, 11) is 1.94. The predicted octanol–water partition coefficient (Wildman–Crippen LogP) is 2.54. The lowest BCUT2D eigenvalue weighted by Gasteiger charge is -2.05. The summed E-state index contributed by atoms with van der Waals surface area (Å²) in [6, 6.07) is 8.09. The lowest BCUT2D eigenvalue weighted by atomic mass is 10.0. The van der Waals surface area contributed by atoms with Crippen LogP contribution in [0.25, 0.3) is 5.57 Å². The van der Waals surface area contributed by atoms with Crippen molar-refractivity contribution in [1.82, 2.24) is 5.32 Å². The van der Waals surface area contributed by atoms with E-state index in [4.69, 9.17) is 5.84 Å². The zero-order chi connectivity index (χ0) is 12.5. The Kier molecular flexibility index (Phi) is 6.07. The summed E-state index contributed by atoms with van der Waals surface area (Å²) in [4.78, 5) is 0. The Morgan fingerprint density at radius 1 is 1.29 bits per heavy atom. The monoisotopic (exact) mass is 231 g/mol. The molecule has 0 amide bonds. The van der Waals surface area contributed by atoms with Gasteiger partial charge in [0.25, 0.3) is 0 Å². The van der Waals surface area contributed by atoms with Crippen molar-refractivity contribution < 1.29 is 0 Å². The van der Waals surface area contributed by atoms with Crippen LogP contribution in [0.4, 0.5) is 5.69 Å². The highest BCUT2D eigenvalue weighted by Crippen LogP contribution is 2.18. The molecule has 1 rings (SSSR count). The number of hydrogen-bond acceptors (Lipinski definition) is 3. The second-order valence-electron chi connectivity index (χ2n) is 3.75. The molecular formula is C14H21N3. The smallest absolute Gasteiger partial charge is 0.0485 e. The third-order valence-corrected chi connectivity index (χ3v) is 2.43. The number of hydrazine groups is 1. The highest BCUT2D eigenvalue weighted by Gasteiger charge is 1.97. The largest absolute Gasteiger partial charge is 0.324 e. The van der Waals surface area contributed by atoms with E-state index in [-0.39, 0.29) is 0 Å². The van der Waals surface area contributed by atoms with Crippen molar-refractivity contribution in [3.05, 3.63) is 48.1 Å². The van der Waals surface area contributed by atoms with Gasteiger partial charge in [-0.3, -0.25) is 5.84 Å². The van der Waals surface area contributed by atoms with Crippen LogP contribution in [0.2, 0.25) is 0 Å². The van der Waals surface area contributed by atoms with Gasteiger partial charge in [0.15, 0.2) is 0 Å². The normalized spacial score (nSPS) is 12.1. The zero-order valence-electron chi connectivity index (χ0n) is 10.5. The summed E-state index contributed by atoms with van der Waals surface area (Å²) in [6.45, 7) is 3.02. The Balaban J connectivity index is 2.86. The van der Waals surface area contributed by atoms with Gasteiger partial charge in [-0.2, -0.15) is 0 Å². The van der Waals surface area contributed by atoms with Crippen LogP contribution in [-0.4, -0.2) is 13.6 Å². The number of benzene rings is 1. The quantitative estimate of drug-likeness (QED) is 0.400. The minimum atomic E-state index is 0.878. The number of anilines is 1. The second-order valence-corrected chi connectivity index (χ2v) is 3.75. The third-order valence-electron chi connectivity index (χ3n) is 2.43. The van der Waals surface area contributed by atoms with E-state index in [1.165, 1.54) is 11.1 Å². The lowest BCUT2D eigenvalue weighted by Crippen LogP contribution is -2.06. The molecule has 0 saturated heterocycles. The fraction of sp³-hybridized carbons (Fsp3) is 0.286. The SMILES string of the molecule is CC/C=C(\C=C/CNC)c1ccc(NN)cc1. The van der Waals surface area contributed by atoms with Crippen LogP contribution < -0.4 is 16.6 Å². The molecule has 0 saturated carbocycles. The summed E-state index contributed by atoms with van der Waals surface area (Å²) in [5, 5.41) is 3.09. The number of nitrogens with two attached hydrogens (primary N) is 1. The molecule has 92 valence electrons. The van der Waals surface area contributed by atoms with Gasteiger partial charge >= 0.3 is 0 Å². The van der Waals surface area contributed by atoms with Crippen LogP contribution in [0, 0.1) is 0 Å². The molecule has 0 fully saturated rings. The van der Waals surface area contributed by atoms with Crippen molar-refractivity contribution in [2.75, 3.05) is 19.0 Å². The maximum Gasteiger partial charge on any atom is 0.0485 e. The van der Waals surface area contributed by atoms with Crippen LogP contribution in [0.15, 0.2) is 42.5 Å². The molecule has 3 heteroatoms. The second kappa shape index (κ2) is 7.65. The van der Waals surface area contributed by atoms with Crippen molar-refractivity contribution in [2.24, 2.45) is 5.84 Å². The first-order valence-corrected chi connectivity index (χ1v) is 5.90. The topological polar surface area (TPSA) is 50.1 Å². The first-order chi connectivity index (χ1) is 8.31. The molecule has 17 heavy (non-hydrogen) atoms. The average Bonchev–Trinajstić information content (AvgIpc) is 2.38. The Morgan fingerprint density at radius 3 is 2.53 bits per heavy atom. The van der Waals surface area contributed by atoms with Crippen molar-refractivity contribution in [3.63, 3.8) is 0 Å². The summed E-state index contributed by atoms with van der Waals surface area (Å²) in [5.74, 6) is 5.35. The van der Waals surface area contributed by atoms with Gasteiger partial charge < -0.3 is 10.7 Å². The minimum absolute atomic E-state index is 0.878. The fourth-order valence-electron chi connectivity index (χ4n) is 1.56. The van der Waals surface area contributed by atoms with Crippen LogP contribution in [-0.2, 0) is 0 Å². The predicted molar refractivity (Wildman–Crippen MR) is 75.6 cm³/mol. The van der Waals surface area contributed by atoms with Gasteiger partial charge in [-0.05, 0) is 36.7 Å². The third kappa shape index (κ3) is 4.43. The Morgan fingerprint density at radius 2 is 2.00 bits per heavy atom. The van der Waals surface area contributed by atoms with Crippen molar-refractivity contribution >= 4 is 11.3 Å². The molecule has 3 nitrogen and oxygen atoms in total. The Bertz CT molecular complexity index is 377. The van der Waals surface area contributed by atoms with E-state index in [1.807, 2.05) is 19.2 Å². The number of likely N-dealkylation sites (N-methyl/N-ethyl adjacent to an activating group) is 1. The first kappa shape index (κ1) is 13.5. The minimum Gasteiger partial charge on any atom is -0.324 e. The summed E-state index contributed by atoms with van der Waals surface area (Å²) >= 11 is 0. The molecule has 4 N–H and O–H groups in total. The number of nitrogens with one attached hydrogen (secondary N) is 2. The van der Waals surface area contributed by atoms with E-state index in [9.17, 15) is 0 Å². The Labute approximate surface area is 103 Å². The molecule has 0 aromatic heterocycles. The molecule has 0 heterocycles. The van der Waals surface area contributed by atoms with Crippen LogP contribution in [0.1, 0.15) is 18.9 Å². The first-order valence-electron chi connectivity index (χ1n) is 5.90. The number of hydrogen-bond donors (Lipinski definition) is 3. The van der Waals surface area contributed by atoms with Crippen molar-refractivity contribution in [3.8, 4) is 0 Å². The standard InChI is InChI=1S/C14H21N3/c1-3-5-12(6-4-11-16-2)13-7-9-14(17-15)10-8-13/h4-10,16-17H,3,11,15H2,1-2H3/b6-4-,12-5+. The molecule has 1 aromatic carbocycles. The van der Waals surface area contributed by atoms with Crippen LogP contribution in [0.5, 0.6) is 0 Å². The van der Waals surface area contributed by atoms with E-state index in [0.717, 1.165) is 18.7 Å².